The van der Waals surface area contributed by atoms with Gasteiger partial charge >= 0.3 is 0 Å². The molecular weight excluding hydrogens is 386 g/mol. The zero-order valence-corrected chi connectivity index (χ0v) is 13.8. The fourth-order valence-corrected chi connectivity index (χ4v) is 3.16. The second-order valence-corrected chi connectivity index (χ2v) is 6.99. The number of aromatic nitrogens is 2. The first kappa shape index (κ1) is 13.8. The van der Waals surface area contributed by atoms with Crippen molar-refractivity contribution in [1.29, 1.82) is 0 Å². The minimum Gasteiger partial charge on any atom is -0.296 e. The molecule has 2 aromatic rings. The molecule has 0 N–H and O–H groups in total. The summed E-state index contributed by atoms with van der Waals surface area (Å²) in [5, 5.41) is 4.33. The third kappa shape index (κ3) is 2.81. The van der Waals surface area contributed by atoms with E-state index in [-0.39, 0.29) is 10.7 Å². The molecule has 1 unspecified atom stereocenters. The SMILES string of the molecule is O=C1CC(Br)CN1c1ccnn1Cc1ccc(Br)cc1. The zero-order chi connectivity index (χ0) is 14.1. The molecular formula is C14H13Br2N3O. The fraction of sp³-hybridized carbons (Fsp3) is 0.286. The second kappa shape index (κ2) is 5.69. The topological polar surface area (TPSA) is 38.1 Å². The quantitative estimate of drug-likeness (QED) is 0.744. The Bertz CT molecular complexity index is 624. The van der Waals surface area contributed by atoms with Crippen LogP contribution in [0, 0.1) is 0 Å². The van der Waals surface area contributed by atoms with Gasteiger partial charge in [-0.05, 0) is 17.7 Å². The molecule has 1 fully saturated rings. The number of benzene rings is 1. The summed E-state index contributed by atoms with van der Waals surface area (Å²) < 4.78 is 2.92. The van der Waals surface area contributed by atoms with Crippen LogP contribution in [0.3, 0.4) is 0 Å². The van der Waals surface area contributed by atoms with E-state index in [9.17, 15) is 4.79 Å². The average Bonchev–Trinajstić information content (AvgIpc) is 2.98. The van der Waals surface area contributed by atoms with E-state index in [0.29, 0.717) is 19.5 Å². The van der Waals surface area contributed by atoms with Gasteiger partial charge in [0.05, 0.1) is 12.7 Å². The van der Waals surface area contributed by atoms with E-state index in [4.69, 9.17) is 0 Å². The van der Waals surface area contributed by atoms with Crippen LogP contribution >= 0.6 is 31.9 Å². The zero-order valence-electron chi connectivity index (χ0n) is 10.7. The van der Waals surface area contributed by atoms with Gasteiger partial charge in [0.25, 0.3) is 0 Å². The maximum Gasteiger partial charge on any atom is 0.229 e. The second-order valence-electron chi connectivity index (χ2n) is 4.78. The van der Waals surface area contributed by atoms with Gasteiger partial charge in [0.15, 0.2) is 0 Å². The molecule has 4 nitrogen and oxygen atoms in total. The Kier molecular flexibility index (Phi) is 3.94. The van der Waals surface area contributed by atoms with Crippen molar-refractivity contribution in [2.75, 3.05) is 11.4 Å². The highest BCUT2D eigenvalue weighted by molar-refractivity contribution is 9.10. The summed E-state index contributed by atoms with van der Waals surface area (Å²) >= 11 is 6.93. The largest absolute Gasteiger partial charge is 0.296 e. The van der Waals surface area contributed by atoms with Gasteiger partial charge in [-0.3, -0.25) is 9.69 Å². The molecule has 0 aliphatic carbocycles. The predicted octanol–water partition coefficient (Wildman–Crippen LogP) is 3.19. The van der Waals surface area contributed by atoms with Crippen LogP contribution in [0.2, 0.25) is 0 Å². The van der Waals surface area contributed by atoms with E-state index in [0.717, 1.165) is 15.9 Å². The molecule has 1 aliphatic rings. The fourth-order valence-electron chi connectivity index (χ4n) is 2.32. The maximum absolute atomic E-state index is 12.0. The number of anilines is 1. The van der Waals surface area contributed by atoms with Crippen LogP contribution in [-0.4, -0.2) is 27.1 Å². The molecule has 104 valence electrons. The van der Waals surface area contributed by atoms with Crippen molar-refractivity contribution in [2.24, 2.45) is 0 Å². The van der Waals surface area contributed by atoms with Crippen LogP contribution < -0.4 is 4.90 Å². The lowest BCUT2D eigenvalue weighted by molar-refractivity contribution is -0.117. The van der Waals surface area contributed by atoms with E-state index in [1.54, 1.807) is 11.1 Å². The van der Waals surface area contributed by atoms with E-state index < -0.39 is 0 Å². The van der Waals surface area contributed by atoms with Gasteiger partial charge in [-0.15, -0.1) is 0 Å². The van der Waals surface area contributed by atoms with Crippen LogP contribution in [0.4, 0.5) is 5.82 Å². The lowest BCUT2D eigenvalue weighted by Gasteiger charge is -2.17. The number of halogens is 2. The number of carbonyl (C=O) groups is 1. The van der Waals surface area contributed by atoms with Crippen molar-refractivity contribution in [3.05, 3.63) is 46.6 Å². The van der Waals surface area contributed by atoms with E-state index in [1.807, 2.05) is 22.9 Å². The Balaban J connectivity index is 1.83. The highest BCUT2D eigenvalue weighted by Gasteiger charge is 2.30. The summed E-state index contributed by atoms with van der Waals surface area (Å²) in [7, 11) is 0. The molecule has 2 heterocycles. The van der Waals surface area contributed by atoms with Crippen molar-refractivity contribution in [2.45, 2.75) is 17.8 Å². The Morgan fingerprint density at radius 2 is 2.00 bits per heavy atom. The summed E-state index contributed by atoms with van der Waals surface area (Å²) in [6, 6.07) is 10.0. The molecule has 1 aromatic carbocycles. The Labute approximate surface area is 134 Å². The minimum atomic E-state index is 0.143. The standard InChI is InChI=1S/C14H13Br2N3O/c15-11-3-1-10(2-4-11)8-19-13(5-6-17-19)18-9-12(16)7-14(18)20/h1-6,12H,7-9H2. The number of carbonyl (C=O) groups excluding carboxylic acids is 1. The summed E-state index contributed by atoms with van der Waals surface area (Å²) in [6.07, 6.45) is 2.28. The monoisotopic (exact) mass is 397 g/mol. The molecule has 0 spiro atoms. The summed E-state index contributed by atoms with van der Waals surface area (Å²) in [5.74, 6) is 1.00. The van der Waals surface area contributed by atoms with Crippen molar-refractivity contribution in [3.63, 3.8) is 0 Å². The van der Waals surface area contributed by atoms with Gasteiger partial charge in [0.1, 0.15) is 5.82 Å². The summed E-state index contributed by atoms with van der Waals surface area (Å²) in [4.78, 5) is 14.0. The molecule has 20 heavy (non-hydrogen) atoms. The number of amides is 1. The number of rotatable bonds is 3. The molecule has 3 rings (SSSR count). The number of nitrogens with zero attached hydrogens (tertiary/aromatic N) is 3. The summed E-state index contributed by atoms with van der Waals surface area (Å²) in [5.41, 5.74) is 1.15. The highest BCUT2D eigenvalue weighted by atomic mass is 79.9. The molecule has 1 aliphatic heterocycles. The van der Waals surface area contributed by atoms with Gasteiger partial charge in [0, 0.05) is 28.3 Å². The molecule has 6 heteroatoms. The van der Waals surface area contributed by atoms with Gasteiger partial charge < -0.3 is 0 Å². The van der Waals surface area contributed by atoms with Gasteiger partial charge in [-0.25, -0.2) is 4.68 Å². The molecule has 0 radical (unpaired) electrons. The minimum absolute atomic E-state index is 0.143. The highest BCUT2D eigenvalue weighted by Crippen LogP contribution is 2.25. The van der Waals surface area contributed by atoms with Crippen molar-refractivity contribution < 1.29 is 4.79 Å². The van der Waals surface area contributed by atoms with Gasteiger partial charge in [-0.2, -0.15) is 5.10 Å². The van der Waals surface area contributed by atoms with Crippen LogP contribution in [0.25, 0.3) is 0 Å². The molecule has 1 atom stereocenters. The lowest BCUT2D eigenvalue weighted by atomic mass is 10.2. The third-order valence-electron chi connectivity index (χ3n) is 3.29. The Morgan fingerprint density at radius 1 is 1.25 bits per heavy atom. The lowest BCUT2D eigenvalue weighted by Crippen LogP contribution is -2.27. The molecule has 1 aromatic heterocycles. The molecule has 0 bridgehead atoms. The van der Waals surface area contributed by atoms with E-state index >= 15 is 0 Å². The average molecular weight is 399 g/mol. The van der Waals surface area contributed by atoms with E-state index in [1.165, 1.54) is 0 Å². The predicted molar refractivity (Wildman–Crippen MR) is 85.2 cm³/mol. The normalized spacial score (nSPS) is 18.8. The molecule has 0 saturated carbocycles. The number of alkyl halides is 1. The van der Waals surface area contributed by atoms with Crippen molar-refractivity contribution in [1.82, 2.24) is 9.78 Å². The smallest absolute Gasteiger partial charge is 0.229 e. The maximum atomic E-state index is 12.0. The van der Waals surface area contributed by atoms with Crippen LogP contribution in [0.5, 0.6) is 0 Å². The van der Waals surface area contributed by atoms with Crippen molar-refractivity contribution >= 4 is 43.6 Å². The van der Waals surface area contributed by atoms with E-state index in [2.05, 4.69) is 49.1 Å². The van der Waals surface area contributed by atoms with Crippen LogP contribution in [-0.2, 0) is 11.3 Å². The van der Waals surface area contributed by atoms with Gasteiger partial charge in [-0.1, -0.05) is 44.0 Å². The molecule has 1 saturated heterocycles. The third-order valence-corrected chi connectivity index (χ3v) is 4.44. The van der Waals surface area contributed by atoms with Crippen LogP contribution in [0.15, 0.2) is 41.0 Å². The first-order valence-corrected chi connectivity index (χ1v) is 8.05. The molecule has 1 amide bonds. The Hall–Kier alpha value is -1.14. The number of hydrogen-bond donors (Lipinski definition) is 0. The Morgan fingerprint density at radius 3 is 2.65 bits per heavy atom. The first-order chi connectivity index (χ1) is 9.63. The first-order valence-electron chi connectivity index (χ1n) is 6.34. The van der Waals surface area contributed by atoms with Crippen molar-refractivity contribution in [3.8, 4) is 0 Å². The number of hydrogen-bond acceptors (Lipinski definition) is 2. The summed E-state index contributed by atoms with van der Waals surface area (Å²) in [6.45, 7) is 1.36. The van der Waals surface area contributed by atoms with Gasteiger partial charge in [0.2, 0.25) is 5.91 Å². The van der Waals surface area contributed by atoms with Crippen LogP contribution in [0.1, 0.15) is 12.0 Å².